The summed E-state index contributed by atoms with van der Waals surface area (Å²) in [6.07, 6.45) is 5.23. The van der Waals surface area contributed by atoms with Crippen LogP contribution in [0.4, 0.5) is 0 Å². The second-order valence-electron chi connectivity index (χ2n) is 5.88. The number of benzene rings is 1. The van der Waals surface area contributed by atoms with E-state index in [2.05, 4.69) is 30.2 Å². The molecule has 1 aromatic heterocycles. The van der Waals surface area contributed by atoms with Crippen LogP contribution in [0.2, 0.25) is 5.02 Å². The summed E-state index contributed by atoms with van der Waals surface area (Å²) in [5, 5.41) is 5.24. The number of hydrogen-bond acceptors (Lipinski definition) is 2. The summed E-state index contributed by atoms with van der Waals surface area (Å²) < 4.78 is 1.87. The fourth-order valence-corrected chi connectivity index (χ4v) is 3.56. The molecule has 0 aliphatic heterocycles. The van der Waals surface area contributed by atoms with Crippen LogP contribution >= 0.6 is 11.6 Å². The first-order chi connectivity index (χ1) is 10.1. The zero-order valence-corrected chi connectivity index (χ0v) is 13.5. The van der Waals surface area contributed by atoms with Gasteiger partial charge >= 0.3 is 0 Å². The third-order valence-corrected chi connectivity index (χ3v) is 4.90. The quantitative estimate of drug-likeness (QED) is 0.941. The molecule has 1 heterocycles. The van der Waals surface area contributed by atoms with Crippen molar-refractivity contribution in [3.05, 3.63) is 51.3 Å². The molecule has 21 heavy (non-hydrogen) atoms. The van der Waals surface area contributed by atoms with Crippen molar-refractivity contribution in [2.75, 3.05) is 0 Å². The summed E-state index contributed by atoms with van der Waals surface area (Å²) in [5.41, 5.74) is 12.5. The van der Waals surface area contributed by atoms with Crippen LogP contribution in [-0.4, -0.2) is 9.78 Å². The molecule has 3 nitrogen and oxygen atoms in total. The lowest BCUT2D eigenvalue weighted by Gasteiger charge is -2.14. The van der Waals surface area contributed by atoms with E-state index in [0.29, 0.717) is 0 Å². The molecule has 1 aliphatic rings. The third kappa shape index (κ3) is 2.72. The first-order valence-corrected chi connectivity index (χ1v) is 8.05. The van der Waals surface area contributed by atoms with E-state index in [0.717, 1.165) is 29.3 Å². The fourth-order valence-electron chi connectivity index (χ4n) is 3.19. The summed E-state index contributed by atoms with van der Waals surface area (Å²) >= 11 is 6.42. The number of aryl methyl sites for hydroxylation is 4. The van der Waals surface area contributed by atoms with Crippen molar-refractivity contribution < 1.29 is 0 Å². The Bertz CT molecular complexity index is 660. The maximum absolute atomic E-state index is 6.42. The SMILES string of the molecule is CCc1nn(C)c(CC(N)c2ccc3c(c2)CCC3)c1Cl. The zero-order valence-electron chi connectivity index (χ0n) is 12.7. The minimum atomic E-state index is -0.0338. The van der Waals surface area contributed by atoms with Crippen molar-refractivity contribution in [1.82, 2.24) is 9.78 Å². The number of nitrogens with two attached hydrogens (primary N) is 1. The molecule has 0 saturated carbocycles. The molecule has 0 saturated heterocycles. The van der Waals surface area contributed by atoms with Gasteiger partial charge in [0.05, 0.1) is 16.4 Å². The minimum absolute atomic E-state index is 0.0338. The van der Waals surface area contributed by atoms with Crippen molar-refractivity contribution in [2.24, 2.45) is 12.8 Å². The first kappa shape index (κ1) is 14.6. The molecule has 0 bridgehead atoms. The number of halogens is 1. The zero-order chi connectivity index (χ0) is 15.0. The summed E-state index contributed by atoms with van der Waals surface area (Å²) in [7, 11) is 1.94. The van der Waals surface area contributed by atoms with E-state index in [1.807, 2.05) is 11.7 Å². The van der Waals surface area contributed by atoms with Gasteiger partial charge in [0.25, 0.3) is 0 Å². The van der Waals surface area contributed by atoms with Crippen LogP contribution < -0.4 is 5.73 Å². The Labute approximate surface area is 131 Å². The van der Waals surface area contributed by atoms with Crippen molar-refractivity contribution >= 4 is 11.6 Å². The summed E-state index contributed by atoms with van der Waals surface area (Å²) in [6, 6.07) is 6.64. The van der Waals surface area contributed by atoms with E-state index < -0.39 is 0 Å². The Morgan fingerprint density at radius 1 is 1.33 bits per heavy atom. The molecule has 0 radical (unpaired) electrons. The van der Waals surface area contributed by atoms with Gasteiger partial charge in [-0.05, 0) is 42.4 Å². The van der Waals surface area contributed by atoms with E-state index in [4.69, 9.17) is 17.3 Å². The smallest absolute Gasteiger partial charge is 0.0850 e. The predicted molar refractivity (Wildman–Crippen MR) is 86.7 cm³/mol. The maximum atomic E-state index is 6.42. The highest BCUT2D eigenvalue weighted by molar-refractivity contribution is 6.31. The van der Waals surface area contributed by atoms with Crippen LogP contribution in [0, 0.1) is 0 Å². The third-order valence-electron chi connectivity index (χ3n) is 4.47. The Morgan fingerprint density at radius 2 is 2.10 bits per heavy atom. The fraction of sp³-hybridized carbons (Fsp3) is 0.471. The summed E-state index contributed by atoms with van der Waals surface area (Å²) in [6.45, 7) is 2.07. The molecule has 1 unspecified atom stereocenters. The van der Waals surface area contributed by atoms with Crippen molar-refractivity contribution in [1.29, 1.82) is 0 Å². The molecule has 0 fully saturated rings. The topological polar surface area (TPSA) is 43.8 Å². The van der Waals surface area contributed by atoms with E-state index in [9.17, 15) is 0 Å². The van der Waals surface area contributed by atoms with Gasteiger partial charge in [0.1, 0.15) is 0 Å². The number of aromatic nitrogens is 2. The van der Waals surface area contributed by atoms with E-state index in [-0.39, 0.29) is 6.04 Å². The molecule has 0 amide bonds. The number of nitrogens with zero attached hydrogens (tertiary/aromatic N) is 2. The standard InChI is InChI=1S/C17H22ClN3/c1-3-15-17(18)16(21(2)20-15)10-14(19)13-8-7-11-5-4-6-12(11)9-13/h7-9,14H,3-6,10,19H2,1-2H3. The van der Waals surface area contributed by atoms with Gasteiger partial charge in [-0.1, -0.05) is 36.7 Å². The maximum Gasteiger partial charge on any atom is 0.0850 e. The Kier molecular flexibility index (Phi) is 4.05. The summed E-state index contributed by atoms with van der Waals surface area (Å²) in [5.74, 6) is 0. The lowest BCUT2D eigenvalue weighted by Crippen LogP contribution is -2.16. The van der Waals surface area contributed by atoms with Gasteiger partial charge in [-0.3, -0.25) is 4.68 Å². The highest BCUT2D eigenvalue weighted by Crippen LogP contribution is 2.28. The van der Waals surface area contributed by atoms with Crippen LogP contribution in [0.25, 0.3) is 0 Å². The molecule has 2 N–H and O–H groups in total. The van der Waals surface area contributed by atoms with E-state index in [1.54, 1.807) is 0 Å². The van der Waals surface area contributed by atoms with Gasteiger partial charge in [0.15, 0.2) is 0 Å². The number of rotatable bonds is 4. The molecule has 1 aromatic carbocycles. The number of fused-ring (bicyclic) bond motifs is 1. The normalized spacial score (nSPS) is 15.2. The molecular weight excluding hydrogens is 282 g/mol. The second-order valence-corrected chi connectivity index (χ2v) is 6.25. The molecule has 2 aromatic rings. The van der Waals surface area contributed by atoms with Crippen LogP contribution in [0.15, 0.2) is 18.2 Å². The van der Waals surface area contributed by atoms with Gasteiger partial charge < -0.3 is 5.73 Å². The largest absolute Gasteiger partial charge is 0.324 e. The minimum Gasteiger partial charge on any atom is -0.324 e. The van der Waals surface area contributed by atoms with E-state index >= 15 is 0 Å². The average Bonchev–Trinajstić information content (AvgIpc) is 3.05. The van der Waals surface area contributed by atoms with Crippen LogP contribution in [0.5, 0.6) is 0 Å². The van der Waals surface area contributed by atoms with Crippen LogP contribution in [0.3, 0.4) is 0 Å². The van der Waals surface area contributed by atoms with Gasteiger partial charge in [-0.25, -0.2) is 0 Å². The second kappa shape index (κ2) is 5.82. The molecule has 4 heteroatoms. The van der Waals surface area contributed by atoms with Gasteiger partial charge in [-0.2, -0.15) is 5.10 Å². The van der Waals surface area contributed by atoms with Crippen molar-refractivity contribution in [2.45, 2.75) is 45.1 Å². The van der Waals surface area contributed by atoms with Gasteiger partial charge in [0.2, 0.25) is 0 Å². The molecule has 3 rings (SSSR count). The monoisotopic (exact) mass is 303 g/mol. The van der Waals surface area contributed by atoms with E-state index in [1.165, 1.54) is 36.0 Å². The average molecular weight is 304 g/mol. The molecular formula is C17H22ClN3. The van der Waals surface area contributed by atoms with Crippen LogP contribution in [-0.2, 0) is 32.7 Å². The highest BCUT2D eigenvalue weighted by Gasteiger charge is 2.18. The number of hydrogen-bond donors (Lipinski definition) is 1. The molecule has 1 aliphatic carbocycles. The Balaban J connectivity index is 1.83. The van der Waals surface area contributed by atoms with Crippen molar-refractivity contribution in [3.8, 4) is 0 Å². The molecule has 1 atom stereocenters. The lowest BCUT2D eigenvalue weighted by atomic mass is 9.98. The lowest BCUT2D eigenvalue weighted by molar-refractivity contribution is 0.638. The van der Waals surface area contributed by atoms with Crippen molar-refractivity contribution in [3.63, 3.8) is 0 Å². The summed E-state index contributed by atoms with van der Waals surface area (Å²) in [4.78, 5) is 0. The van der Waals surface area contributed by atoms with Gasteiger partial charge in [0, 0.05) is 19.5 Å². The molecule has 0 spiro atoms. The first-order valence-electron chi connectivity index (χ1n) is 7.67. The Hall–Kier alpha value is -1.32. The predicted octanol–water partition coefficient (Wildman–Crippen LogP) is 3.37. The van der Waals surface area contributed by atoms with Gasteiger partial charge in [-0.15, -0.1) is 0 Å². The Morgan fingerprint density at radius 3 is 2.81 bits per heavy atom. The molecule has 112 valence electrons. The van der Waals surface area contributed by atoms with Crippen LogP contribution in [0.1, 0.15) is 47.5 Å². The highest BCUT2D eigenvalue weighted by atomic mass is 35.5.